The summed E-state index contributed by atoms with van der Waals surface area (Å²) in [4.78, 5) is 29.3. The summed E-state index contributed by atoms with van der Waals surface area (Å²) < 4.78 is 0. The summed E-state index contributed by atoms with van der Waals surface area (Å²) in [5, 5.41) is 13.5. The van der Waals surface area contributed by atoms with Crippen molar-refractivity contribution in [2.24, 2.45) is 0 Å². The highest BCUT2D eigenvalue weighted by Gasteiger charge is 2.19. The molecule has 1 aromatic heterocycles. The summed E-state index contributed by atoms with van der Waals surface area (Å²) in [5.74, 6) is 0.238. The lowest BCUT2D eigenvalue weighted by Gasteiger charge is -2.15. The van der Waals surface area contributed by atoms with Crippen LogP contribution in [0.4, 0.5) is 5.69 Å². The average Bonchev–Trinajstić information content (AvgIpc) is 2.98. The zero-order chi connectivity index (χ0) is 15.4. The maximum Gasteiger partial charge on any atom is 0.270 e. The highest BCUT2D eigenvalue weighted by molar-refractivity contribution is 6.34. The number of nitrogens with zero attached hydrogens (tertiary/aromatic N) is 2. The minimum atomic E-state index is -0.564. The van der Waals surface area contributed by atoms with Gasteiger partial charge in [0.15, 0.2) is 0 Å². The Kier molecular flexibility index (Phi) is 4.54. The molecule has 1 heterocycles. The lowest BCUT2D eigenvalue weighted by atomic mass is 10.1. The van der Waals surface area contributed by atoms with Crippen molar-refractivity contribution in [2.75, 3.05) is 0 Å². The van der Waals surface area contributed by atoms with Gasteiger partial charge in [-0.3, -0.25) is 14.9 Å². The van der Waals surface area contributed by atoms with Crippen LogP contribution in [-0.2, 0) is 0 Å². The van der Waals surface area contributed by atoms with Gasteiger partial charge in [-0.2, -0.15) is 0 Å². The molecule has 1 atom stereocenters. The van der Waals surface area contributed by atoms with Gasteiger partial charge in [0.2, 0.25) is 0 Å². The van der Waals surface area contributed by atoms with E-state index in [9.17, 15) is 14.9 Å². The minimum absolute atomic E-state index is 0.0380. The summed E-state index contributed by atoms with van der Waals surface area (Å²) in [6.07, 6.45) is 3.91. The predicted octanol–water partition coefficient (Wildman–Crippen LogP) is 2.85. The molecule has 0 saturated carbocycles. The first-order valence-corrected chi connectivity index (χ1v) is 6.64. The molecule has 0 aliphatic rings. The molecule has 2 aromatic rings. The van der Waals surface area contributed by atoms with Crippen LogP contribution in [0.2, 0.25) is 5.02 Å². The summed E-state index contributed by atoms with van der Waals surface area (Å²) in [6, 6.07) is 3.46. The number of amides is 1. The van der Waals surface area contributed by atoms with E-state index in [1.807, 2.05) is 6.92 Å². The number of hydrogen-bond acceptors (Lipinski definition) is 4. The molecule has 0 spiro atoms. The van der Waals surface area contributed by atoms with E-state index in [1.165, 1.54) is 12.1 Å². The molecule has 21 heavy (non-hydrogen) atoms. The lowest BCUT2D eigenvalue weighted by molar-refractivity contribution is -0.384. The van der Waals surface area contributed by atoms with Crippen LogP contribution in [0, 0.1) is 10.1 Å². The highest BCUT2D eigenvalue weighted by atomic mass is 35.5. The molecule has 0 aliphatic heterocycles. The Morgan fingerprint density at radius 2 is 2.33 bits per heavy atom. The van der Waals surface area contributed by atoms with Gasteiger partial charge in [-0.25, -0.2) is 4.98 Å². The molecule has 1 amide bonds. The number of halogens is 1. The lowest BCUT2D eigenvalue weighted by Crippen LogP contribution is -2.29. The van der Waals surface area contributed by atoms with E-state index >= 15 is 0 Å². The third-order valence-corrected chi connectivity index (χ3v) is 3.28. The van der Waals surface area contributed by atoms with E-state index in [1.54, 1.807) is 12.4 Å². The monoisotopic (exact) mass is 308 g/mol. The standard InChI is InChI=1S/C13H13ClN4O3/c1-2-11(12-15-5-6-16-12)17-13(19)9-4-3-8(18(20)21)7-10(9)14/h3-7,11H,2H2,1H3,(H,15,16)(H,17,19). The number of carbonyl (C=O) groups excluding carboxylic acids is 1. The Labute approximate surface area is 125 Å². The van der Waals surface area contributed by atoms with Crippen molar-refractivity contribution >= 4 is 23.2 Å². The first kappa shape index (κ1) is 15.0. The number of imidazole rings is 1. The van der Waals surface area contributed by atoms with Crippen LogP contribution in [0.25, 0.3) is 0 Å². The SMILES string of the molecule is CCC(NC(=O)c1ccc([N+](=O)[O-])cc1Cl)c1ncc[nH]1. The van der Waals surface area contributed by atoms with Gasteiger partial charge in [-0.15, -0.1) is 0 Å². The first-order chi connectivity index (χ1) is 10.0. The second-order valence-corrected chi connectivity index (χ2v) is 4.74. The fraction of sp³-hybridized carbons (Fsp3) is 0.231. The Morgan fingerprint density at radius 3 is 2.86 bits per heavy atom. The second kappa shape index (κ2) is 6.36. The fourth-order valence-corrected chi connectivity index (χ4v) is 2.13. The molecule has 110 valence electrons. The third-order valence-electron chi connectivity index (χ3n) is 2.97. The first-order valence-electron chi connectivity index (χ1n) is 6.27. The van der Waals surface area contributed by atoms with Crippen molar-refractivity contribution in [2.45, 2.75) is 19.4 Å². The van der Waals surface area contributed by atoms with Crippen molar-refractivity contribution in [3.05, 3.63) is 57.1 Å². The number of nitro benzene ring substituents is 1. The quantitative estimate of drug-likeness (QED) is 0.655. The van der Waals surface area contributed by atoms with Crippen LogP contribution in [-0.4, -0.2) is 20.8 Å². The van der Waals surface area contributed by atoms with Gasteiger partial charge < -0.3 is 10.3 Å². The second-order valence-electron chi connectivity index (χ2n) is 4.33. The molecule has 0 fully saturated rings. The smallest absolute Gasteiger partial charge is 0.270 e. The van der Waals surface area contributed by atoms with Crippen molar-refractivity contribution in [1.82, 2.24) is 15.3 Å². The van der Waals surface area contributed by atoms with Crippen LogP contribution in [0.15, 0.2) is 30.6 Å². The molecule has 0 radical (unpaired) electrons. The maximum absolute atomic E-state index is 12.2. The number of carbonyl (C=O) groups is 1. The Morgan fingerprint density at radius 1 is 1.57 bits per heavy atom. The number of aromatic amines is 1. The minimum Gasteiger partial charge on any atom is -0.347 e. The van der Waals surface area contributed by atoms with Gasteiger partial charge in [0.1, 0.15) is 5.82 Å². The zero-order valence-corrected chi connectivity index (χ0v) is 11.9. The topological polar surface area (TPSA) is 101 Å². The normalized spacial score (nSPS) is 11.9. The van der Waals surface area contributed by atoms with Crippen molar-refractivity contribution in [3.8, 4) is 0 Å². The largest absolute Gasteiger partial charge is 0.347 e. The fourth-order valence-electron chi connectivity index (χ4n) is 1.87. The molecule has 0 bridgehead atoms. The predicted molar refractivity (Wildman–Crippen MR) is 77.2 cm³/mol. The third kappa shape index (κ3) is 3.38. The van der Waals surface area contributed by atoms with Gasteiger partial charge in [0, 0.05) is 24.5 Å². The van der Waals surface area contributed by atoms with Gasteiger partial charge in [-0.1, -0.05) is 18.5 Å². The van der Waals surface area contributed by atoms with E-state index in [2.05, 4.69) is 15.3 Å². The van der Waals surface area contributed by atoms with Gasteiger partial charge in [-0.05, 0) is 12.5 Å². The molecule has 0 saturated heterocycles. The molecule has 2 rings (SSSR count). The Hall–Kier alpha value is -2.41. The average molecular weight is 309 g/mol. The summed E-state index contributed by atoms with van der Waals surface area (Å²) >= 11 is 5.93. The van der Waals surface area contributed by atoms with Crippen molar-refractivity contribution in [3.63, 3.8) is 0 Å². The van der Waals surface area contributed by atoms with Crippen LogP contribution in [0.5, 0.6) is 0 Å². The maximum atomic E-state index is 12.2. The van der Waals surface area contributed by atoms with Crippen LogP contribution in [0.1, 0.15) is 35.6 Å². The van der Waals surface area contributed by atoms with Gasteiger partial charge in [0.05, 0.1) is 21.6 Å². The summed E-state index contributed by atoms with van der Waals surface area (Å²) in [5.41, 5.74) is 0.0295. The van der Waals surface area contributed by atoms with E-state index in [4.69, 9.17) is 11.6 Å². The highest BCUT2D eigenvalue weighted by Crippen LogP contribution is 2.23. The number of aromatic nitrogens is 2. The molecule has 7 nitrogen and oxygen atoms in total. The van der Waals surface area contributed by atoms with Crippen molar-refractivity contribution < 1.29 is 9.72 Å². The number of nitro groups is 1. The molecular weight excluding hydrogens is 296 g/mol. The van der Waals surface area contributed by atoms with Crippen LogP contribution >= 0.6 is 11.6 Å². The van der Waals surface area contributed by atoms with Crippen LogP contribution < -0.4 is 5.32 Å². The van der Waals surface area contributed by atoms with Gasteiger partial charge in [0.25, 0.3) is 11.6 Å². The van der Waals surface area contributed by atoms with E-state index in [0.717, 1.165) is 6.07 Å². The molecule has 8 heteroatoms. The Balaban J connectivity index is 2.18. The summed E-state index contributed by atoms with van der Waals surface area (Å²) in [7, 11) is 0. The number of nitrogens with one attached hydrogen (secondary N) is 2. The van der Waals surface area contributed by atoms with E-state index in [-0.39, 0.29) is 22.3 Å². The number of benzene rings is 1. The molecule has 1 aromatic carbocycles. The number of H-pyrrole nitrogens is 1. The van der Waals surface area contributed by atoms with Crippen LogP contribution in [0.3, 0.4) is 0 Å². The molecular formula is C13H13ClN4O3. The molecule has 0 aliphatic carbocycles. The van der Waals surface area contributed by atoms with E-state index < -0.39 is 10.8 Å². The van der Waals surface area contributed by atoms with Gasteiger partial charge >= 0.3 is 0 Å². The van der Waals surface area contributed by atoms with Crippen molar-refractivity contribution in [1.29, 1.82) is 0 Å². The molecule has 1 unspecified atom stereocenters. The number of hydrogen-bond donors (Lipinski definition) is 2. The number of non-ortho nitro benzene ring substituents is 1. The zero-order valence-electron chi connectivity index (χ0n) is 11.2. The summed E-state index contributed by atoms with van der Waals surface area (Å²) in [6.45, 7) is 1.91. The number of rotatable bonds is 5. The molecule has 2 N–H and O–H groups in total. The van der Waals surface area contributed by atoms with E-state index in [0.29, 0.717) is 12.2 Å². The Bertz CT molecular complexity index is 657.